The number of benzene rings is 1. The van der Waals surface area contributed by atoms with Crippen LogP contribution in [0.3, 0.4) is 0 Å². The number of aromatic carboxylic acids is 1. The molecule has 0 saturated carbocycles. The molecule has 5 heteroatoms. The third kappa shape index (κ3) is 3.13. The molecule has 2 aromatic rings. The second-order valence-electron chi connectivity index (χ2n) is 5.05. The Morgan fingerprint density at radius 2 is 1.76 bits per heavy atom. The number of carbonyl (C=O) groups excluding carboxylic acids is 1. The molecule has 0 bridgehead atoms. The van der Waals surface area contributed by atoms with Crippen molar-refractivity contribution in [1.29, 1.82) is 0 Å². The molecule has 1 aromatic carbocycles. The van der Waals surface area contributed by atoms with Crippen LogP contribution in [0.15, 0.2) is 29.0 Å². The van der Waals surface area contributed by atoms with Crippen molar-refractivity contribution in [1.82, 2.24) is 4.90 Å². The summed E-state index contributed by atoms with van der Waals surface area (Å²) in [6.07, 6.45) is 0. The van der Waals surface area contributed by atoms with E-state index in [-0.39, 0.29) is 17.0 Å². The van der Waals surface area contributed by atoms with Gasteiger partial charge in [-0.1, -0.05) is 12.1 Å². The van der Waals surface area contributed by atoms with E-state index < -0.39 is 5.97 Å². The number of nitrogens with zero attached hydrogens (tertiary/aromatic N) is 1. The highest BCUT2D eigenvalue weighted by atomic mass is 32.1. The van der Waals surface area contributed by atoms with Crippen LogP contribution in [0, 0.1) is 13.8 Å². The van der Waals surface area contributed by atoms with E-state index in [0.29, 0.717) is 17.7 Å². The number of amides is 1. The van der Waals surface area contributed by atoms with Crippen LogP contribution in [0.25, 0.3) is 0 Å². The Kier molecular flexibility index (Phi) is 4.43. The maximum Gasteiger partial charge on any atom is 0.336 e. The molecule has 1 amide bonds. The van der Waals surface area contributed by atoms with Crippen molar-refractivity contribution >= 4 is 23.2 Å². The summed E-state index contributed by atoms with van der Waals surface area (Å²) in [6.45, 7) is 3.94. The Labute approximate surface area is 127 Å². The van der Waals surface area contributed by atoms with E-state index in [0.717, 1.165) is 5.56 Å². The van der Waals surface area contributed by atoms with Gasteiger partial charge in [0.15, 0.2) is 0 Å². The van der Waals surface area contributed by atoms with Crippen LogP contribution in [0.1, 0.15) is 37.4 Å². The summed E-state index contributed by atoms with van der Waals surface area (Å²) in [7, 11) is 1.69. The number of carboxylic acids is 1. The van der Waals surface area contributed by atoms with Gasteiger partial charge < -0.3 is 10.0 Å². The van der Waals surface area contributed by atoms with Crippen LogP contribution in [-0.2, 0) is 6.54 Å². The van der Waals surface area contributed by atoms with E-state index in [4.69, 9.17) is 0 Å². The Morgan fingerprint density at radius 1 is 1.14 bits per heavy atom. The minimum absolute atomic E-state index is 0.0946. The van der Waals surface area contributed by atoms with Crippen molar-refractivity contribution in [2.45, 2.75) is 20.4 Å². The van der Waals surface area contributed by atoms with Gasteiger partial charge in [-0.3, -0.25) is 4.79 Å². The van der Waals surface area contributed by atoms with E-state index in [2.05, 4.69) is 0 Å². The summed E-state index contributed by atoms with van der Waals surface area (Å²) in [5.74, 6) is -1.33. The van der Waals surface area contributed by atoms with Crippen LogP contribution >= 0.6 is 11.3 Å². The Balaban J connectivity index is 2.38. The molecular formula is C16H17NO3S. The van der Waals surface area contributed by atoms with Crippen molar-refractivity contribution in [2.24, 2.45) is 0 Å². The molecule has 0 spiro atoms. The van der Waals surface area contributed by atoms with Crippen LogP contribution in [0.4, 0.5) is 0 Å². The lowest BCUT2D eigenvalue weighted by molar-refractivity contribution is 0.0679. The van der Waals surface area contributed by atoms with Crippen LogP contribution < -0.4 is 0 Å². The van der Waals surface area contributed by atoms with Crippen molar-refractivity contribution in [3.8, 4) is 0 Å². The van der Waals surface area contributed by atoms with Gasteiger partial charge in [0.1, 0.15) is 0 Å². The molecule has 0 fully saturated rings. The minimum Gasteiger partial charge on any atom is -0.478 e. The highest BCUT2D eigenvalue weighted by Gasteiger charge is 2.23. The van der Waals surface area contributed by atoms with E-state index in [1.807, 2.05) is 16.8 Å². The van der Waals surface area contributed by atoms with Crippen molar-refractivity contribution in [3.63, 3.8) is 0 Å². The molecule has 0 aliphatic heterocycles. The van der Waals surface area contributed by atoms with Gasteiger partial charge in [0.25, 0.3) is 5.91 Å². The lowest BCUT2D eigenvalue weighted by Gasteiger charge is -2.20. The zero-order chi connectivity index (χ0) is 15.6. The maximum atomic E-state index is 12.6. The topological polar surface area (TPSA) is 57.6 Å². The molecule has 110 valence electrons. The molecule has 2 rings (SSSR count). The van der Waals surface area contributed by atoms with Gasteiger partial charge in [-0.2, -0.15) is 11.3 Å². The summed E-state index contributed by atoms with van der Waals surface area (Å²) >= 11 is 1.57. The number of thiophene rings is 1. The largest absolute Gasteiger partial charge is 0.478 e. The summed E-state index contributed by atoms with van der Waals surface area (Å²) in [5.41, 5.74) is 2.69. The van der Waals surface area contributed by atoms with E-state index in [1.54, 1.807) is 49.3 Å². The number of hydrogen-bond donors (Lipinski definition) is 1. The van der Waals surface area contributed by atoms with E-state index in [1.165, 1.54) is 0 Å². The second-order valence-corrected chi connectivity index (χ2v) is 5.83. The highest BCUT2D eigenvalue weighted by Crippen LogP contribution is 2.21. The molecule has 0 radical (unpaired) electrons. The molecule has 0 aliphatic rings. The second kappa shape index (κ2) is 6.10. The fraction of sp³-hybridized carbons (Fsp3) is 0.250. The molecule has 0 atom stereocenters. The minimum atomic E-state index is -1.07. The first-order valence-electron chi connectivity index (χ1n) is 6.52. The molecule has 1 aromatic heterocycles. The zero-order valence-electron chi connectivity index (χ0n) is 12.2. The number of carboxylic acid groups (broad SMARTS) is 1. The van der Waals surface area contributed by atoms with E-state index >= 15 is 0 Å². The lowest BCUT2D eigenvalue weighted by Crippen LogP contribution is -2.28. The molecule has 0 saturated heterocycles. The van der Waals surface area contributed by atoms with Gasteiger partial charge in [-0.25, -0.2) is 4.79 Å². The molecule has 21 heavy (non-hydrogen) atoms. The summed E-state index contributed by atoms with van der Waals surface area (Å²) in [5, 5.41) is 13.3. The Hall–Kier alpha value is -2.14. The quantitative estimate of drug-likeness (QED) is 0.942. The van der Waals surface area contributed by atoms with Gasteiger partial charge in [0.05, 0.1) is 11.1 Å². The number of aryl methyl sites for hydroxylation is 2. The van der Waals surface area contributed by atoms with Gasteiger partial charge >= 0.3 is 5.97 Å². The number of rotatable bonds is 4. The summed E-state index contributed by atoms with van der Waals surface area (Å²) in [4.78, 5) is 25.7. The Bertz CT molecular complexity index is 677. The van der Waals surface area contributed by atoms with Crippen LogP contribution in [0.5, 0.6) is 0 Å². The first kappa shape index (κ1) is 15.3. The third-order valence-electron chi connectivity index (χ3n) is 3.40. The van der Waals surface area contributed by atoms with Gasteiger partial charge in [-0.05, 0) is 47.4 Å². The fourth-order valence-electron chi connectivity index (χ4n) is 2.28. The van der Waals surface area contributed by atoms with Gasteiger partial charge in [-0.15, -0.1) is 0 Å². The third-order valence-corrected chi connectivity index (χ3v) is 4.13. The van der Waals surface area contributed by atoms with Crippen LogP contribution in [-0.4, -0.2) is 28.9 Å². The number of hydrogen-bond acceptors (Lipinski definition) is 3. The summed E-state index contributed by atoms with van der Waals surface area (Å²) < 4.78 is 0. The highest BCUT2D eigenvalue weighted by molar-refractivity contribution is 7.07. The smallest absolute Gasteiger partial charge is 0.336 e. The molecule has 1 N–H and O–H groups in total. The molecule has 0 unspecified atom stereocenters. The molecular weight excluding hydrogens is 286 g/mol. The average molecular weight is 303 g/mol. The lowest BCUT2D eigenvalue weighted by atomic mass is 9.96. The predicted octanol–water partition coefficient (Wildman–Crippen LogP) is 3.34. The fourth-order valence-corrected chi connectivity index (χ4v) is 2.94. The standard InChI is InChI=1S/C16H17NO3S/c1-10-4-5-11(2)14(16(19)20)13(10)15(18)17(3)8-12-6-7-21-9-12/h4-7,9H,8H2,1-3H3,(H,19,20). The van der Waals surface area contributed by atoms with Crippen molar-refractivity contribution in [2.75, 3.05) is 7.05 Å². The Morgan fingerprint density at radius 3 is 2.29 bits per heavy atom. The summed E-state index contributed by atoms with van der Waals surface area (Å²) in [6, 6.07) is 5.47. The van der Waals surface area contributed by atoms with Crippen LogP contribution in [0.2, 0.25) is 0 Å². The van der Waals surface area contributed by atoms with Crippen molar-refractivity contribution in [3.05, 3.63) is 56.8 Å². The monoisotopic (exact) mass is 303 g/mol. The SMILES string of the molecule is Cc1ccc(C)c(C(=O)N(C)Cc2ccsc2)c1C(=O)O. The normalized spacial score (nSPS) is 10.4. The average Bonchev–Trinajstić information content (AvgIpc) is 2.92. The number of carbonyl (C=O) groups is 2. The zero-order valence-corrected chi connectivity index (χ0v) is 13.0. The van der Waals surface area contributed by atoms with Crippen molar-refractivity contribution < 1.29 is 14.7 Å². The molecule has 1 heterocycles. The molecule has 0 aliphatic carbocycles. The van der Waals surface area contributed by atoms with E-state index in [9.17, 15) is 14.7 Å². The van der Waals surface area contributed by atoms with Gasteiger partial charge in [0, 0.05) is 13.6 Å². The first-order valence-corrected chi connectivity index (χ1v) is 7.46. The first-order chi connectivity index (χ1) is 9.91. The van der Waals surface area contributed by atoms with Gasteiger partial charge in [0.2, 0.25) is 0 Å². The molecule has 4 nitrogen and oxygen atoms in total. The maximum absolute atomic E-state index is 12.6. The predicted molar refractivity (Wildman–Crippen MR) is 83.0 cm³/mol.